The van der Waals surface area contributed by atoms with Crippen LogP contribution in [0.25, 0.3) is 33.1 Å². The van der Waals surface area contributed by atoms with Gasteiger partial charge in [0.1, 0.15) is 0 Å². The molecule has 4 aromatic rings. The molecule has 0 atom stereocenters. The Morgan fingerprint density at radius 1 is 0.810 bits per heavy atom. The molecule has 0 unspecified atom stereocenters. The molecular weight excluding hydrogens is 436 g/mol. The molecule has 4 rings (SSSR count). The third-order valence-corrected chi connectivity index (χ3v) is 3.41. The predicted molar refractivity (Wildman–Crippen MR) is 81.3 cm³/mol. The van der Waals surface area contributed by atoms with Gasteiger partial charge >= 0.3 is 0 Å². The minimum atomic E-state index is 0. The summed E-state index contributed by atoms with van der Waals surface area (Å²) in [6.07, 6.45) is 1.86. The molecule has 0 saturated carbocycles. The van der Waals surface area contributed by atoms with Crippen LogP contribution in [0, 0.1) is 6.07 Å². The maximum absolute atomic E-state index is 4.61. The van der Waals surface area contributed by atoms with Crippen molar-refractivity contribution in [3.05, 3.63) is 72.9 Å². The van der Waals surface area contributed by atoms with Crippen LogP contribution in [-0.4, -0.2) is 9.97 Å². The van der Waals surface area contributed by atoms with Crippen molar-refractivity contribution in [3.8, 4) is 11.4 Å². The first kappa shape index (κ1) is 13.9. The van der Waals surface area contributed by atoms with Crippen LogP contribution in [-0.2, 0) is 20.1 Å². The Balaban J connectivity index is 0.00000132. The van der Waals surface area contributed by atoms with Crippen molar-refractivity contribution in [1.82, 2.24) is 9.97 Å². The Labute approximate surface area is 136 Å². The molecule has 0 fully saturated rings. The number of benzene rings is 3. The Morgan fingerprint density at radius 2 is 1.52 bits per heavy atom. The fourth-order valence-corrected chi connectivity index (χ4v) is 2.36. The van der Waals surface area contributed by atoms with Gasteiger partial charge in [0.25, 0.3) is 0 Å². The van der Waals surface area contributed by atoms with Crippen LogP contribution in [0.5, 0.6) is 0 Å². The molecule has 3 heteroatoms. The second-order valence-electron chi connectivity index (χ2n) is 4.73. The summed E-state index contributed by atoms with van der Waals surface area (Å²) in [5.74, 6) is 0.717. The molecule has 3 aromatic carbocycles. The van der Waals surface area contributed by atoms with Crippen LogP contribution in [0.3, 0.4) is 0 Å². The summed E-state index contributed by atoms with van der Waals surface area (Å²) >= 11 is 0. The van der Waals surface area contributed by atoms with E-state index >= 15 is 0 Å². The summed E-state index contributed by atoms with van der Waals surface area (Å²) in [4.78, 5) is 9.05. The van der Waals surface area contributed by atoms with Gasteiger partial charge in [-0.25, -0.2) is 0 Å². The van der Waals surface area contributed by atoms with E-state index in [0.29, 0.717) is 0 Å². The second-order valence-corrected chi connectivity index (χ2v) is 4.73. The van der Waals surface area contributed by atoms with Crippen molar-refractivity contribution in [3.63, 3.8) is 0 Å². The van der Waals surface area contributed by atoms with E-state index in [0.717, 1.165) is 22.3 Å². The number of fused-ring (bicyclic) bond motifs is 2. The monoisotopic (exact) mass is 448 g/mol. The van der Waals surface area contributed by atoms with E-state index in [1.54, 1.807) is 0 Å². The molecule has 0 spiro atoms. The normalized spacial score (nSPS) is 10.5. The van der Waals surface area contributed by atoms with Crippen LogP contribution in [0.1, 0.15) is 0 Å². The Bertz CT molecular complexity index is 841. The van der Waals surface area contributed by atoms with Gasteiger partial charge in [-0.15, -0.1) is 29.1 Å². The van der Waals surface area contributed by atoms with Gasteiger partial charge in [0, 0.05) is 31.7 Å². The van der Waals surface area contributed by atoms with Gasteiger partial charge in [-0.3, -0.25) is 9.97 Å². The third kappa shape index (κ3) is 2.58. The first-order chi connectivity index (χ1) is 9.90. The summed E-state index contributed by atoms with van der Waals surface area (Å²) in [5.41, 5.74) is 1.88. The summed E-state index contributed by atoms with van der Waals surface area (Å²) in [6.45, 7) is 0. The molecule has 0 saturated heterocycles. The molecule has 21 heavy (non-hydrogen) atoms. The molecule has 2 nitrogen and oxygen atoms in total. The zero-order chi connectivity index (χ0) is 13.4. The molecule has 0 bridgehead atoms. The second kappa shape index (κ2) is 5.72. The number of nitrogens with zero attached hydrogens (tertiary/aromatic N) is 2. The topological polar surface area (TPSA) is 25.8 Å². The fraction of sp³-hybridized carbons (Fsp3) is 0. The number of rotatable bonds is 1. The predicted octanol–water partition coefficient (Wildman–Crippen LogP) is 4.25. The van der Waals surface area contributed by atoms with E-state index in [1.165, 1.54) is 10.8 Å². The molecule has 0 aliphatic carbocycles. The summed E-state index contributed by atoms with van der Waals surface area (Å²) in [6, 6.07) is 23.6. The van der Waals surface area contributed by atoms with E-state index in [4.69, 9.17) is 0 Å². The first-order valence-electron chi connectivity index (χ1n) is 6.53. The minimum absolute atomic E-state index is 0. The molecule has 1 heterocycles. The number of hydrogen-bond acceptors (Lipinski definition) is 2. The molecule has 0 N–H and O–H groups in total. The van der Waals surface area contributed by atoms with E-state index in [-0.39, 0.29) is 20.1 Å². The largest absolute Gasteiger partial charge is 0.285 e. The third-order valence-electron chi connectivity index (χ3n) is 3.41. The van der Waals surface area contributed by atoms with E-state index in [2.05, 4.69) is 34.2 Å². The maximum atomic E-state index is 4.61. The summed E-state index contributed by atoms with van der Waals surface area (Å²) < 4.78 is 0. The molecule has 0 amide bonds. The van der Waals surface area contributed by atoms with Crippen molar-refractivity contribution in [2.45, 2.75) is 0 Å². The maximum Gasteiger partial charge on any atom is 0.0756 e. The van der Waals surface area contributed by atoms with Crippen LogP contribution < -0.4 is 0 Å². The number of hydrogen-bond donors (Lipinski definition) is 0. The Hall–Kier alpha value is -2.09. The number of para-hydroxylation sites is 1. The van der Waals surface area contributed by atoms with Crippen molar-refractivity contribution >= 4 is 21.7 Å². The number of aromatic nitrogens is 2. The van der Waals surface area contributed by atoms with Gasteiger partial charge in [0.15, 0.2) is 0 Å². The average Bonchev–Trinajstić information content (AvgIpc) is 2.54. The van der Waals surface area contributed by atoms with Crippen LogP contribution in [0.4, 0.5) is 0 Å². The molecule has 1 aromatic heterocycles. The average molecular weight is 448 g/mol. The van der Waals surface area contributed by atoms with E-state index < -0.39 is 0 Å². The van der Waals surface area contributed by atoms with E-state index in [1.807, 2.05) is 48.7 Å². The SMILES string of the molecule is [Ir].[c-]1cc2ccccc2cc1-c1ncc2ccccc2n1. The zero-order valence-corrected chi connectivity index (χ0v) is 13.5. The molecule has 1 radical (unpaired) electrons. The van der Waals surface area contributed by atoms with Gasteiger partial charge < -0.3 is 0 Å². The molecule has 0 aliphatic heterocycles. The summed E-state index contributed by atoms with van der Waals surface area (Å²) in [5, 5.41) is 3.41. The molecular formula is C18H11IrN2-. The Kier molecular flexibility index (Phi) is 3.78. The van der Waals surface area contributed by atoms with Gasteiger partial charge in [-0.05, 0) is 6.07 Å². The zero-order valence-electron chi connectivity index (χ0n) is 11.1. The Morgan fingerprint density at radius 3 is 2.38 bits per heavy atom. The van der Waals surface area contributed by atoms with Crippen LogP contribution >= 0.6 is 0 Å². The molecule has 103 valence electrons. The minimum Gasteiger partial charge on any atom is -0.285 e. The quantitative estimate of drug-likeness (QED) is 0.408. The van der Waals surface area contributed by atoms with E-state index in [9.17, 15) is 0 Å². The van der Waals surface area contributed by atoms with Crippen LogP contribution in [0.2, 0.25) is 0 Å². The van der Waals surface area contributed by atoms with Gasteiger partial charge in [-0.1, -0.05) is 47.9 Å². The van der Waals surface area contributed by atoms with Crippen molar-refractivity contribution < 1.29 is 20.1 Å². The summed E-state index contributed by atoms with van der Waals surface area (Å²) in [7, 11) is 0. The fourth-order valence-electron chi connectivity index (χ4n) is 2.36. The molecule has 0 aliphatic rings. The van der Waals surface area contributed by atoms with Crippen molar-refractivity contribution in [2.75, 3.05) is 0 Å². The van der Waals surface area contributed by atoms with Gasteiger partial charge in [0.2, 0.25) is 0 Å². The van der Waals surface area contributed by atoms with Gasteiger partial charge in [-0.2, -0.15) is 0 Å². The first-order valence-corrected chi connectivity index (χ1v) is 6.53. The smallest absolute Gasteiger partial charge is 0.0756 e. The van der Waals surface area contributed by atoms with Crippen molar-refractivity contribution in [1.29, 1.82) is 0 Å². The standard InChI is InChI=1S/C18H11N2.Ir/c1-2-6-14-11-15(10-9-13(14)5-1)18-19-12-16-7-3-4-8-17(16)20-18;/h1-9,11-12H;/q-1;. The van der Waals surface area contributed by atoms with Crippen molar-refractivity contribution in [2.24, 2.45) is 0 Å². The van der Waals surface area contributed by atoms with Gasteiger partial charge in [0.05, 0.1) is 11.3 Å². The van der Waals surface area contributed by atoms with Crippen LogP contribution in [0.15, 0.2) is 66.9 Å².